The Balaban J connectivity index is 1.49. The number of likely N-dealkylation sites (tertiary alicyclic amines) is 1. The molecule has 1 aliphatic rings. The summed E-state index contributed by atoms with van der Waals surface area (Å²) >= 11 is 5.92. The van der Waals surface area contributed by atoms with Crippen LogP contribution >= 0.6 is 11.6 Å². The van der Waals surface area contributed by atoms with E-state index >= 15 is 0 Å². The van der Waals surface area contributed by atoms with Crippen LogP contribution in [-0.2, 0) is 11.3 Å². The maximum atomic E-state index is 12.6. The fourth-order valence-corrected chi connectivity index (χ4v) is 3.65. The number of rotatable bonds is 7. The fourth-order valence-electron chi connectivity index (χ4n) is 3.49. The number of aromatic nitrogens is 2. The molecule has 1 aromatic heterocycles. The average Bonchev–Trinajstić information content (AvgIpc) is 2.70. The lowest BCUT2D eigenvalue weighted by molar-refractivity contribution is -0.136. The Kier molecular flexibility index (Phi) is 7.01. The number of hydrogen-bond donors (Lipinski definition) is 0. The zero-order chi connectivity index (χ0) is 19.1. The predicted molar refractivity (Wildman–Crippen MR) is 105 cm³/mol. The van der Waals surface area contributed by atoms with Crippen LogP contribution in [0.4, 0.5) is 0 Å². The molecule has 1 amide bonds. The van der Waals surface area contributed by atoms with Crippen molar-refractivity contribution in [1.82, 2.24) is 19.8 Å². The van der Waals surface area contributed by atoms with Crippen molar-refractivity contribution in [3.05, 3.63) is 53.4 Å². The first kappa shape index (κ1) is 19.6. The molecule has 0 N–H and O–H groups in total. The number of benzene rings is 1. The predicted octanol–water partition coefficient (Wildman–Crippen LogP) is 3.02. The van der Waals surface area contributed by atoms with Gasteiger partial charge in [-0.15, -0.1) is 0 Å². The Labute approximate surface area is 165 Å². The van der Waals surface area contributed by atoms with E-state index in [0.29, 0.717) is 6.54 Å². The molecule has 1 saturated heterocycles. The number of nitrogens with zero attached hydrogens (tertiary/aromatic N) is 4. The van der Waals surface area contributed by atoms with Crippen molar-refractivity contribution >= 4 is 17.5 Å². The van der Waals surface area contributed by atoms with Crippen molar-refractivity contribution in [1.29, 1.82) is 0 Å². The number of likely N-dealkylation sites (N-methyl/N-ethyl adjacent to an activating group) is 1. The lowest BCUT2D eigenvalue weighted by Gasteiger charge is -2.38. The van der Waals surface area contributed by atoms with Crippen LogP contribution in [0.2, 0.25) is 5.15 Å². The highest BCUT2D eigenvalue weighted by Gasteiger charge is 2.27. The smallest absolute Gasteiger partial charge is 0.260 e. The first-order valence-corrected chi connectivity index (χ1v) is 9.70. The number of carbonyl (C=O) groups excluding carboxylic acids is 1. The highest BCUT2D eigenvalue weighted by atomic mass is 35.5. The van der Waals surface area contributed by atoms with Crippen molar-refractivity contribution in [3.8, 4) is 5.88 Å². The van der Waals surface area contributed by atoms with Crippen molar-refractivity contribution in [2.45, 2.75) is 32.4 Å². The zero-order valence-corrected chi connectivity index (χ0v) is 16.3. The van der Waals surface area contributed by atoms with Crippen LogP contribution in [0.15, 0.2) is 42.7 Å². The lowest BCUT2D eigenvalue weighted by atomic mass is 10.0. The summed E-state index contributed by atoms with van der Waals surface area (Å²) in [7, 11) is 0. The second kappa shape index (κ2) is 9.67. The van der Waals surface area contributed by atoms with Gasteiger partial charge in [0, 0.05) is 44.6 Å². The molecule has 1 aliphatic heterocycles. The number of carbonyl (C=O) groups is 1. The summed E-state index contributed by atoms with van der Waals surface area (Å²) in [6.45, 7) is 5.53. The second-order valence-corrected chi connectivity index (χ2v) is 6.97. The van der Waals surface area contributed by atoms with Crippen molar-refractivity contribution in [3.63, 3.8) is 0 Å². The van der Waals surface area contributed by atoms with Crippen molar-refractivity contribution < 1.29 is 9.53 Å². The summed E-state index contributed by atoms with van der Waals surface area (Å²) in [4.78, 5) is 24.9. The molecule has 0 saturated carbocycles. The molecule has 0 unspecified atom stereocenters. The third kappa shape index (κ3) is 5.40. The first-order valence-electron chi connectivity index (χ1n) is 9.32. The maximum Gasteiger partial charge on any atom is 0.260 e. The van der Waals surface area contributed by atoms with Gasteiger partial charge in [-0.25, -0.2) is 9.97 Å². The summed E-state index contributed by atoms with van der Waals surface area (Å²) < 4.78 is 5.47. The topological polar surface area (TPSA) is 58.6 Å². The Morgan fingerprint density at radius 1 is 1.22 bits per heavy atom. The summed E-state index contributed by atoms with van der Waals surface area (Å²) in [5.41, 5.74) is 1.33. The van der Waals surface area contributed by atoms with Crippen LogP contribution in [0.3, 0.4) is 0 Å². The molecule has 2 heterocycles. The lowest BCUT2D eigenvalue weighted by Crippen LogP contribution is -2.48. The highest BCUT2D eigenvalue weighted by molar-refractivity contribution is 6.30. The minimum Gasteiger partial charge on any atom is -0.465 e. The molecule has 0 aliphatic carbocycles. The van der Waals surface area contributed by atoms with Crippen LogP contribution in [0.5, 0.6) is 5.88 Å². The monoisotopic (exact) mass is 388 g/mol. The molecule has 7 heteroatoms. The van der Waals surface area contributed by atoms with Gasteiger partial charge in [0.15, 0.2) is 11.8 Å². The van der Waals surface area contributed by atoms with Crippen LogP contribution in [0.25, 0.3) is 0 Å². The van der Waals surface area contributed by atoms with Crippen LogP contribution in [0, 0.1) is 0 Å². The SMILES string of the molecule is CCN(C(=O)COc1nccnc1Cl)C1CCN(Cc2ccccc2)CC1. The van der Waals surface area contributed by atoms with Crippen molar-refractivity contribution in [2.24, 2.45) is 0 Å². The first-order chi connectivity index (χ1) is 13.2. The molecule has 0 bridgehead atoms. The van der Waals surface area contributed by atoms with Crippen LogP contribution < -0.4 is 4.74 Å². The van der Waals surface area contributed by atoms with E-state index in [9.17, 15) is 4.79 Å². The van der Waals surface area contributed by atoms with Gasteiger partial charge in [-0.2, -0.15) is 0 Å². The number of piperidine rings is 1. The van der Waals surface area contributed by atoms with E-state index < -0.39 is 0 Å². The van der Waals surface area contributed by atoms with Crippen LogP contribution in [0.1, 0.15) is 25.3 Å². The van der Waals surface area contributed by atoms with E-state index in [-0.39, 0.29) is 29.6 Å². The molecular formula is C20H25ClN4O2. The van der Waals surface area contributed by atoms with Crippen LogP contribution in [-0.4, -0.2) is 58.0 Å². The normalized spacial score (nSPS) is 15.5. The van der Waals surface area contributed by atoms with E-state index in [2.05, 4.69) is 39.1 Å². The van der Waals surface area contributed by atoms with Gasteiger partial charge in [-0.3, -0.25) is 9.69 Å². The van der Waals surface area contributed by atoms with Gasteiger partial charge in [0.25, 0.3) is 11.8 Å². The Morgan fingerprint density at radius 2 is 1.93 bits per heavy atom. The molecular weight excluding hydrogens is 364 g/mol. The number of halogens is 1. The summed E-state index contributed by atoms with van der Waals surface area (Å²) in [5, 5.41) is 0.169. The molecule has 3 rings (SSSR count). The molecule has 2 aromatic rings. The highest BCUT2D eigenvalue weighted by Crippen LogP contribution is 2.20. The summed E-state index contributed by atoms with van der Waals surface area (Å²) in [6.07, 6.45) is 4.92. The third-order valence-corrected chi connectivity index (χ3v) is 5.12. The summed E-state index contributed by atoms with van der Waals surface area (Å²) in [5.74, 6) is 0.155. The van der Waals surface area contributed by atoms with E-state index in [0.717, 1.165) is 32.5 Å². The zero-order valence-electron chi connectivity index (χ0n) is 15.6. The summed E-state index contributed by atoms with van der Waals surface area (Å²) in [6, 6.07) is 10.7. The molecule has 0 radical (unpaired) electrons. The molecule has 0 atom stereocenters. The van der Waals surface area contributed by atoms with Gasteiger partial charge < -0.3 is 9.64 Å². The molecule has 144 valence electrons. The van der Waals surface area contributed by atoms with E-state index in [1.54, 1.807) is 0 Å². The number of amides is 1. The molecule has 1 fully saturated rings. The van der Waals surface area contributed by atoms with E-state index in [1.807, 2.05) is 17.9 Å². The Hall–Kier alpha value is -2.18. The molecule has 0 spiro atoms. The molecule has 27 heavy (non-hydrogen) atoms. The minimum atomic E-state index is -0.0729. The van der Waals surface area contributed by atoms with Gasteiger partial charge in [0.2, 0.25) is 0 Å². The van der Waals surface area contributed by atoms with E-state index in [1.165, 1.54) is 18.0 Å². The Bertz CT molecular complexity index is 736. The maximum absolute atomic E-state index is 12.6. The standard InChI is InChI=1S/C20H25ClN4O2/c1-2-25(18(26)15-27-20-19(21)22-10-11-23-20)17-8-12-24(13-9-17)14-16-6-4-3-5-7-16/h3-7,10-11,17H,2,8-9,12-15H2,1H3. The van der Waals surface area contributed by atoms with Gasteiger partial charge in [-0.05, 0) is 25.3 Å². The van der Waals surface area contributed by atoms with E-state index in [4.69, 9.17) is 16.3 Å². The van der Waals surface area contributed by atoms with Gasteiger partial charge in [-0.1, -0.05) is 41.9 Å². The largest absolute Gasteiger partial charge is 0.465 e. The second-order valence-electron chi connectivity index (χ2n) is 6.61. The van der Waals surface area contributed by atoms with Gasteiger partial charge in [0.1, 0.15) is 0 Å². The molecule has 6 nitrogen and oxygen atoms in total. The quantitative estimate of drug-likeness (QED) is 0.729. The van der Waals surface area contributed by atoms with Gasteiger partial charge in [0.05, 0.1) is 0 Å². The molecule has 1 aromatic carbocycles. The third-order valence-electron chi connectivity index (χ3n) is 4.86. The fraction of sp³-hybridized carbons (Fsp3) is 0.450. The van der Waals surface area contributed by atoms with Gasteiger partial charge >= 0.3 is 0 Å². The number of ether oxygens (including phenoxy) is 1. The number of hydrogen-bond acceptors (Lipinski definition) is 5. The average molecular weight is 389 g/mol. The van der Waals surface area contributed by atoms with Crippen molar-refractivity contribution in [2.75, 3.05) is 26.2 Å². The Morgan fingerprint density at radius 3 is 2.59 bits per heavy atom. The minimum absolute atomic E-state index is 0.0410.